The van der Waals surface area contributed by atoms with Crippen LogP contribution in [0, 0.1) is 0 Å². The molecular weight excluding hydrogens is 386 g/mol. The summed E-state index contributed by atoms with van der Waals surface area (Å²) >= 11 is 0. The van der Waals surface area contributed by atoms with Crippen LogP contribution in [0.4, 0.5) is 0 Å². The van der Waals surface area contributed by atoms with Gasteiger partial charge in [0, 0.05) is 39.2 Å². The molecule has 8 heteroatoms. The molecule has 4 rings (SSSR count). The summed E-state index contributed by atoms with van der Waals surface area (Å²) in [7, 11) is 3.37. The first kappa shape index (κ1) is 20.7. The van der Waals surface area contributed by atoms with Crippen molar-refractivity contribution in [3.05, 3.63) is 29.3 Å². The fourth-order valence-electron chi connectivity index (χ4n) is 4.37. The number of likely N-dealkylation sites (tertiary alicyclic amines) is 1. The van der Waals surface area contributed by atoms with E-state index >= 15 is 0 Å². The summed E-state index contributed by atoms with van der Waals surface area (Å²) in [5.74, 6) is 0.728. The molecule has 1 aromatic carbocycles. The zero-order valence-corrected chi connectivity index (χ0v) is 17.7. The highest BCUT2D eigenvalue weighted by molar-refractivity contribution is 5.94. The zero-order chi connectivity index (χ0) is 21.3. The number of benzene rings is 1. The van der Waals surface area contributed by atoms with Gasteiger partial charge in [-0.2, -0.15) is 0 Å². The average molecular weight is 415 g/mol. The molecule has 3 aliphatic rings. The highest BCUT2D eigenvalue weighted by atomic mass is 16.5. The van der Waals surface area contributed by atoms with Crippen LogP contribution in [-0.2, 0) is 20.7 Å². The topological polar surface area (TPSA) is 79.4 Å². The molecular formula is C22H29N3O5. The van der Waals surface area contributed by atoms with Crippen LogP contribution in [-0.4, -0.2) is 91.5 Å². The van der Waals surface area contributed by atoms with E-state index in [4.69, 9.17) is 9.47 Å². The summed E-state index contributed by atoms with van der Waals surface area (Å²) in [6.07, 6.45) is 2.41. The molecule has 1 aromatic rings. The van der Waals surface area contributed by atoms with Crippen molar-refractivity contribution in [2.75, 3.05) is 53.5 Å². The predicted molar refractivity (Wildman–Crippen MR) is 109 cm³/mol. The number of rotatable bonds is 3. The molecule has 0 aliphatic carbocycles. The number of likely N-dealkylation sites (N-methyl/N-ethyl adjacent to an activating group) is 1. The lowest BCUT2D eigenvalue weighted by atomic mass is 9.90. The van der Waals surface area contributed by atoms with E-state index in [0.717, 1.165) is 17.7 Å². The molecule has 0 bridgehead atoms. The number of carbonyl (C=O) groups excluding carboxylic acids is 3. The third-order valence-corrected chi connectivity index (χ3v) is 6.28. The third-order valence-electron chi connectivity index (χ3n) is 6.28. The molecule has 1 spiro atoms. The van der Waals surface area contributed by atoms with E-state index < -0.39 is 5.60 Å². The van der Waals surface area contributed by atoms with Gasteiger partial charge < -0.3 is 24.2 Å². The lowest BCUT2D eigenvalue weighted by Gasteiger charge is -2.42. The minimum atomic E-state index is -0.499. The summed E-state index contributed by atoms with van der Waals surface area (Å²) in [5, 5.41) is 0. The van der Waals surface area contributed by atoms with Gasteiger partial charge >= 0.3 is 0 Å². The minimum Gasteiger partial charge on any atom is -0.493 e. The number of amides is 3. The van der Waals surface area contributed by atoms with Gasteiger partial charge in [0.1, 0.15) is 5.75 Å². The Morgan fingerprint density at radius 1 is 1.13 bits per heavy atom. The Morgan fingerprint density at radius 2 is 1.90 bits per heavy atom. The molecule has 2 saturated heterocycles. The van der Waals surface area contributed by atoms with Crippen LogP contribution in [0.3, 0.4) is 0 Å². The number of ether oxygens (including phenoxy) is 2. The molecule has 2 fully saturated rings. The van der Waals surface area contributed by atoms with E-state index in [0.29, 0.717) is 51.3 Å². The van der Waals surface area contributed by atoms with E-state index in [1.54, 1.807) is 19.0 Å². The molecule has 0 unspecified atom stereocenters. The second kappa shape index (κ2) is 8.26. The lowest BCUT2D eigenvalue weighted by molar-refractivity contribution is -0.140. The van der Waals surface area contributed by atoms with Crippen molar-refractivity contribution in [3.63, 3.8) is 0 Å². The second-order valence-corrected chi connectivity index (χ2v) is 8.53. The van der Waals surface area contributed by atoms with Gasteiger partial charge in [-0.05, 0) is 36.6 Å². The van der Waals surface area contributed by atoms with Gasteiger partial charge in [0.25, 0.3) is 5.91 Å². The maximum atomic E-state index is 13.0. The van der Waals surface area contributed by atoms with E-state index in [1.807, 2.05) is 23.1 Å². The van der Waals surface area contributed by atoms with Gasteiger partial charge in [-0.15, -0.1) is 0 Å². The Hall–Kier alpha value is -2.61. The normalized spacial score (nSPS) is 20.5. The Morgan fingerprint density at radius 3 is 2.63 bits per heavy atom. The van der Waals surface area contributed by atoms with Gasteiger partial charge in [-0.3, -0.25) is 14.4 Å². The smallest absolute Gasteiger partial charge is 0.253 e. The van der Waals surface area contributed by atoms with E-state index in [9.17, 15) is 14.4 Å². The van der Waals surface area contributed by atoms with Crippen molar-refractivity contribution in [1.82, 2.24) is 14.7 Å². The van der Waals surface area contributed by atoms with Crippen molar-refractivity contribution >= 4 is 17.7 Å². The van der Waals surface area contributed by atoms with Crippen molar-refractivity contribution in [3.8, 4) is 5.75 Å². The molecule has 3 heterocycles. The highest BCUT2D eigenvalue weighted by Gasteiger charge is 2.41. The van der Waals surface area contributed by atoms with Gasteiger partial charge in [-0.25, -0.2) is 0 Å². The Bertz CT molecular complexity index is 845. The molecule has 162 valence electrons. The number of hydrogen-bond donors (Lipinski definition) is 0. The Balaban J connectivity index is 1.41. The van der Waals surface area contributed by atoms with Crippen molar-refractivity contribution in [2.45, 2.75) is 31.3 Å². The van der Waals surface area contributed by atoms with Gasteiger partial charge in [0.15, 0.2) is 0 Å². The molecule has 0 saturated carbocycles. The first-order chi connectivity index (χ1) is 14.4. The maximum Gasteiger partial charge on any atom is 0.253 e. The van der Waals surface area contributed by atoms with Crippen molar-refractivity contribution < 1.29 is 23.9 Å². The molecule has 0 N–H and O–H groups in total. The van der Waals surface area contributed by atoms with Gasteiger partial charge in [-0.1, -0.05) is 0 Å². The van der Waals surface area contributed by atoms with E-state index in [-0.39, 0.29) is 30.7 Å². The molecule has 8 nitrogen and oxygen atoms in total. The zero-order valence-electron chi connectivity index (χ0n) is 17.7. The Kier molecular flexibility index (Phi) is 5.69. The van der Waals surface area contributed by atoms with Crippen LogP contribution in [0.2, 0.25) is 0 Å². The van der Waals surface area contributed by atoms with Gasteiger partial charge in [0.05, 0.1) is 38.3 Å². The molecule has 30 heavy (non-hydrogen) atoms. The van der Waals surface area contributed by atoms with Crippen LogP contribution in [0.25, 0.3) is 0 Å². The maximum absolute atomic E-state index is 13.0. The fourth-order valence-corrected chi connectivity index (χ4v) is 4.37. The van der Waals surface area contributed by atoms with Crippen molar-refractivity contribution in [1.29, 1.82) is 0 Å². The predicted octanol–water partition coefficient (Wildman–Crippen LogP) is 0.933. The second-order valence-electron chi connectivity index (χ2n) is 8.53. The molecule has 3 amide bonds. The third kappa shape index (κ3) is 4.14. The lowest BCUT2D eigenvalue weighted by Crippen LogP contribution is -2.54. The quantitative estimate of drug-likeness (QED) is 0.734. The fraction of sp³-hybridized carbons (Fsp3) is 0.591. The standard InChI is InChI=1S/C22H29N3O5/c1-23(2)20(27)14-25-15-22(30-12-6-19(25)26)7-9-24(10-8-22)21(28)17-3-4-18-16(13-17)5-11-29-18/h3-4,13H,5-12,14-15H2,1-2H3. The monoisotopic (exact) mass is 415 g/mol. The number of nitrogens with zero attached hydrogens (tertiary/aromatic N) is 3. The summed E-state index contributed by atoms with van der Waals surface area (Å²) in [5.41, 5.74) is 1.27. The average Bonchev–Trinajstić information content (AvgIpc) is 3.15. The number of hydrogen-bond acceptors (Lipinski definition) is 5. The summed E-state index contributed by atoms with van der Waals surface area (Å²) in [6.45, 7) is 2.61. The number of carbonyl (C=O) groups is 3. The largest absolute Gasteiger partial charge is 0.493 e. The van der Waals surface area contributed by atoms with Crippen LogP contribution in [0.5, 0.6) is 5.75 Å². The minimum absolute atomic E-state index is 0.0175. The van der Waals surface area contributed by atoms with Crippen LogP contribution < -0.4 is 4.74 Å². The van der Waals surface area contributed by atoms with Crippen molar-refractivity contribution in [2.24, 2.45) is 0 Å². The Labute approximate surface area is 176 Å². The number of piperidine rings is 1. The number of fused-ring (bicyclic) bond motifs is 1. The first-order valence-corrected chi connectivity index (χ1v) is 10.5. The summed E-state index contributed by atoms with van der Waals surface area (Å²) in [4.78, 5) is 42.6. The summed E-state index contributed by atoms with van der Waals surface area (Å²) < 4.78 is 11.7. The van der Waals surface area contributed by atoms with Crippen LogP contribution >= 0.6 is 0 Å². The summed E-state index contributed by atoms with van der Waals surface area (Å²) in [6, 6.07) is 5.64. The molecule has 0 aromatic heterocycles. The SMILES string of the molecule is CN(C)C(=O)CN1CC2(CCN(C(=O)c3ccc4c(c3)CCO4)CC2)OCCC1=O. The molecule has 3 aliphatic heterocycles. The highest BCUT2D eigenvalue weighted by Crippen LogP contribution is 2.32. The van der Waals surface area contributed by atoms with E-state index in [2.05, 4.69) is 0 Å². The van der Waals surface area contributed by atoms with E-state index in [1.165, 1.54) is 4.90 Å². The van der Waals surface area contributed by atoms with Crippen LogP contribution in [0.1, 0.15) is 35.2 Å². The first-order valence-electron chi connectivity index (χ1n) is 10.5. The van der Waals surface area contributed by atoms with Crippen LogP contribution in [0.15, 0.2) is 18.2 Å². The molecule has 0 radical (unpaired) electrons. The van der Waals surface area contributed by atoms with Gasteiger partial charge in [0.2, 0.25) is 11.8 Å². The molecule has 0 atom stereocenters.